The van der Waals surface area contributed by atoms with E-state index >= 15 is 0 Å². The molecule has 2 N–H and O–H groups in total. The largest absolute Gasteiger partial charge is 0.497 e. The molecule has 1 aliphatic carbocycles. The third kappa shape index (κ3) is 3.65. The zero-order valence-electron chi connectivity index (χ0n) is 14.7. The molecule has 0 unspecified atom stereocenters. The number of carboxylic acid groups (broad SMARTS) is 1. The fourth-order valence-corrected chi connectivity index (χ4v) is 3.59. The Bertz CT molecular complexity index is 816. The lowest BCUT2D eigenvalue weighted by Crippen LogP contribution is -2.35. The van der Waals surface area contributed by atoms with Gasteiger partial charge in [0.25, 0.3) is 0 Å². The summed E-state index contributed by atoms with van der Waals surface area (Å²) in [6.07, 6.45) is 3.32. The molecule has 0 aliphatic heterocycles. The number of carbonyl (C=O) groups is 1. The lowest BCUT2D eigenvalue weighted by molar-refractivity contribution is 0.0697. The Kier molecular flexibility index (Phi) is 5.13. The quantitative estimate of drug-likeness (QED) is 0.844. The molecule has 2 aromatic rings. The first-order chi connectivity index (χ1) is 12.6. The summed E-state index contributed by atoms with van der Waals surface area (Å²) in [5, 5.41) is 22.3. The molecule has 5 heteroatoms. The van der Waals surface area contributed by atoms with Crippen LogP contribution in [0.4, 0.5) is 5.69 Å². The van der Waals surface area contributed by atoms with E-state index < -0.39 is 11.4 Å². The standard InChI is InChI=1S/C21H22N2O3/c1-26-19-4-2-3-16(13-19)21(14-22)11-9-18(10-12-21)23-17-7-5-15(6-8-17)20(24)25/h2-8,13,18,23H,9-12H2,1H3,(H,24,25). The Balaban J connectivity index is 1.67. The molecule has 2 aromatic carbocycles. The molecule has 1 fully saturated rings. The van der Waals surface area contributed by atoms with Crippen molar-refractivity contribution >= 4 is 11.7 Å². The van der Waals surface area contributed by atoms with Gasteiger partial charge in [-0.15, -0.1) is 0 Å². The second-order valence-electron chi connectivity index (χ2n) is 6.73. The number of benzene rings is 2. The van der Waals surface area contributed by atoms with Crippen LogP contribution in [-0.2, 0) is 5.41 Å². The summed E-state index contributed by atoms with van der Waals surface area (Å²) >= 11 is 0. The molecule has 1 aliphatic rings. The van der Waals surface area contributed by atoms with Crippen LogP contribution in [-0.4, -0.2) is 24.2 Å². The van der Waals surface area contributed by atoms with Crippen molar-refractivity contribution in [1.29, 1.82) is 5.26 Å². The molecule has 0 spiro atoms. The molecule has 0 heterocycles. The summed E-state index contributed by atoms with van der Waals surface area (Å²) in [5.74, 6) is -0.151. The van der Waals surface area contributed by atoms with Crippen molar-refractivity contribution in [3.8, 4) is 11.8 Å². The highest BCUT2D eigenvalue weighted by Gasteiger charge is 2.37. The Morgan fingerprint density at radius 1 is 1.23 bits per heavy atom. The lowest BCUT2D eigenvalue weighted by atomic mass is 9.69. The maximum Gasteiger partial charge on any atom is 0.335 e. The van der Waals surface area contributed by atoms with Crippen molar-refractivity contribution in [3.63, 3.8) is 0 Å². The predicted molar refractivity (Wildman–Crippen MR) is 99.6 cm³/mol. The van der Waals surface area contributed by atoms with Gasteiger partial charge < -0.3 is 15.2 Å². The van der Waals surface area contributed by atoms with Crippen molar-refractivity contribution in [1.82, 2.24) is 0 Å². The molecule has 134 valence electrons. The zero-order chi connectivity index (χ0) is 18.6. The van der Waals surface area contributed by atoms with Gasteiger partial charge in [0.15, 0.2) is 0 Å². The maximum absolute atomic E-state index is 10.9. The minimum atomic E-state index is -0.925. The fraction of sp³-hybridized carbons (Fsp3) is 0.333. The summed E-state index contributed by atoms with van der Waals surface area (Å²) < 4.78 is 5.30. The highest BCUT2D eigenvalue weighted by atomic mass is 16.5. The Morgan fingerprint density at radius 3 is 2.50 bits per heavy atom. The Hall–Kier alpha value is -3.00. The first-order valence-electron chi connectivity index (χ1n) is 8.72. The minimum absolute atomic E-state index is 0.276. The number of nitrogens with one attached hydrogen (secondary N) is 1. The number of nitriles is 1. The summed E-state index contributed by atoms with van der Waals surface area (Å²) in [5.41, 5.74) is 1.73. The van der Waals surface area contributed by atoms with Crippen molar-refractivity contribution in [2.75, 3.05) is 12.4 Å². The van der Waals surface area contributed by atoms with Crippen molar-refractivity contribution in [2.24, 2.45) is 0 Å². The molecule has 5 nitrogen and oxygen atoms in total. The first-order valence-corrected chi connectivity index (χ1v) is 8.72. The molecule has 0 amide bonds. The number of hydrogen-bond acceptors (Lipinski definition) is 4. The molecule has 0 radical (unpaired) electrons. The molecule has 0 saturated heterocycles. The summed E-state index contributed by atoms with van der Waals surface area (Å²) in [6.45, 7) is 0. The summed E-state index contributed by atoms with van der Waals surface area (Å²) in [7, 11) is 1.63. The second-order valence-corrected chi connectivity index (χ2v) is 6.73. The van der Waals surface area contributed by atoms with Gasteiger partial charge in [0, 0.05) is 11.7 Å². The predicted octanol–water partition coefficient (Wildman–Crippen LogP) is 4.21. The second kappa shape index (κ2) is 7.49. The maximum atomic E-state index is 10.9. The summed E-state index contributed by atoms with van der Waals surface area (Å²) in [6, 6.07) is 17.4. The smallest absolute Gasteiger partial charge is 0.335 e. The van der Waals surface area contributed by atoms with E-state index in [0.717, 1.165) is 42.7 Å². The monoisotopic (exact) mass is 350 g/mol. The topological polar surface area (TPSA) is 82.3 Å². The van der Waals surface area contributed by atoms with Crippen molar-refractivity contribution in [3.05, 3.63) is 59.7 Å². The number of anilines is 1. The van der Waals surface area contributed by atoms with Gasteiger partial charge in [-0.25, -0.2) is 4.79 Å². The van der Waals surface area contributed by atoms with E-state index in [9.17, 15) is 10.1 Å². The number of carboxylic acids is 1. The van der Waals surface area contributed by atoms with Gasteiger partial charge in [-0.05, 0) is 67.6 Å². The number of hydrogen-bond donors (Lipinski definition) is 2. The number of methoxy groups -OCH3 is 1. The van der Waals surface area contributed by atoms with Crippen LogP contribution in [0.5, 0.6) is 5.75 Å². The van der Waals surface area contributed by atoms with E-state index in [1.807, 2.05) is 24.3 Å². The van der Waals surface area contributed by atoms with E-state index in [4.69, 9.17) is 9.84 Å². The van der Waals surface area contributed by atoms with Gasteiger partial charge in [-0.2, -0.15) is 5.26 Å². The molecular weight excluding hydrogens is 328 g/mol. The minimum Gasteiger partial charge on any atom is -0.497 e. The average molecular weight is 350 g/mol. The number of ether oxygens (including phenoxy) is 1. The highest BCUT2D eigenvalue weighted by Crippen LogP contribution is 2.40. The number of nitrogens with zero attached hydrogens (tertiary/aromatic N) is 1. The van der Waals surface area contributed by atoms with Gasteiger partial charge in [-0.1, -0.05) is 12.1 Å². The molecular formula is C21H22N2O3. The van der Waals surface area contributed by atoms with Crippen LogP contribution in [0.1, 0.15) is 41.6 Å². The number of rotatable bonds is 5. The highest BCUT2D eigenvalue weighted by molar-refractivity contribution is 5.88. The van der Waals surface area contributed by atoms with E-state index in [2.05, 4.69) is 11.4 Å². The SMILES string of the molecule is COc1cccc(C2(C#N)CCC(Nc3ccc(C(=O)O)cc3)CC2)c1. The van der Waals surface area contributed by atoms with Crippen LogP contribution >= 0.6 is 0 Å². The average Bonchev–Trinajstić information content (AvgIpc) is 2.69. The van der Waals surface area contributed by atoms with E-state index in [1.54, 1.807) is 31.4 Å². The molecule has 0 atom stereocenters. The first kappa shape index (κ1) is 17.8. The van der Waals surface area contributed by atoms with E-state index in [1.165, 1.54) is 0 Å². The van der Waals surface area contributed by atoms with Crippen LogP contribution in [0.3, 0.4) is 0 Å². The lowest BCUT2D eigenvalue weighted by Gasteiger charge is -2.36. The van der Waals surface area contributed by atoms with Gasteiger partial charge in [0.1, 0.15) is 5.75 Å². The summed E-state index contributed by atoms with van der Waals surface area (Å²) in [4.78, 5) is 10.9. The molecule has 0 bridgehead atoms. The van der Waals surface area contributed by atoms with E-state index in [0.29, 0.717) is 0 Å². The van der Waals surface area contributed by atoms with E-state index in [-0.39, 0.29) is 11.6 Å². The molecule has 3 rings (SSSR count). The third-order valence-electron chi connectivity index (χ3n) is 5.18. The normalized spacial score (nSPS) is 22.2. The van der Waals surface area contributed by atoms with Crippen LogP contribution in [0.2, 0.25) is 0 Å². The molecule has 1 saturated carbocycles. The van der Waals surface area contributed by atoms with Gasteiger partial charge in [0.2, 0.25) is 0 Å². The number of aromatic carboxylic acids is 1. The molecule has 0 aromatic heterocycles. The van der Waals surface area contributed by atoms with Crippen LogP contribution in [0.15, 0.2) is 48.5 Å². The zero-order valence-corrected chi connectivity index (χ0v) is 14.7. The van der Waals surface area contributed by atoms with Crippen molar-refractivity contribution < 1.29 is 14.6 Å². The van der Waals surface area contributed by atoms with Gasteiger partial charge in [-0.3, -0.25) is 0 Å². The van der Waals surface area contributed by atoms with Gasteiger partial charge in [0.05, 0.1) is 24.2 Å². The van der Waals surface area contributed by atoms with Crippen LogP contribution in [0.25, 0.3) is 0 Å². The third-order valence-corrected chi connectivity index (χ3v) is 5.18. The molecule has 26 heavy (non-hydrogen) atoms. The Labute approximate surface area is 153 Å². The van der Waals surface area contributed by atoms with Crippen molar-refractivity contribution in [2.45, 2.75) is 37.1 Å². The fourth-order valence-electron chi connectivity index (χ4n) is 3.59. The van der Waals surface area contributed by atoms with Gasteiger partial charge >= 0.3 is 5.97 Å². The Morgan fingerprint density at radius 2 is 1.92 bits per heavy atom. The van der Waals surface area contributed by atoms with Crippen LogP contribution < -0.4 is 10.1 Å². The van der Waals surface area contributed by atoms with Crippen LogP contribution in [0, 0.1) is 11.3 Å².